The molecule has 5 rings (SSSR count). The second kappa shape index (κ2) is 11.0. The Bertz CT molecular complexity index is 1290. The van der Waals surface area contributed by atoms with Crippen LogP contribution in [-0.4, -0.2) is 18.3 Å². The Morgan fingerprint density at radius 2 is 1.57 bits per heavy atom. The average molecular weight is 496 g/mol. The number of hydrogen-bond donors (Lipinski definition) is 1. The smallest absolute Gasteiger partial charge is 0.225 e. The van der Waals surface area contributed by atoms with Gasteiger partial charge in [0.15, 0.2) is 5.78 Å². The number of rotatable bonds is 8. The molecule has 190 valence electrons. The van der Waals surface area contributed by atoms with Gasteiger partial charge >= 0.3 is 0 Å². The summed E-state index contributed by atoms with van der Waals surface area (Å²) in [4.78, 5) is 26.4. The van der Waals surface area contributed by atoms with Crippen molar-refractivity contribution < 1.29 is 19.1 Å². The molecule has 0 aromatic heterocycles. The highest BCUT2D eigenvalue weighted by atomic mass is 16.5. The fourth-order valence-corrected chi connectivity index (χ4v) is 5.20. The molecule has 1 aliphatic carbocycles. The van der Waals surface area contributed by atoms with E-state index in [1.54, 1.807) is 0 Å². The van der Waals surface area contributed by atoms with Gasteiger partial charge in [-0.05, 0) is 47.6 Å². The number of allylic oxidation sites excluding steroid dienone is 2. The van der Waals surface area contributed by atoms with Gasteiger partial charge in [0.25, 0.3) is 0 Å². The Morgan fingerprint density at radius 1 is 0.838 bits per heavy atom. The highest BCUT2D eigenvalue weighted by Gasteiger charge is 2.39. The summed E-state index contributed by atoms with van der Waals surface area (Å²) in [5, 5.41) is 3.02. The van der Waals surface area contributed by atoms with Crippen molar-refractivity contribution in [3.05, 3.63) is 107 Å². The number of hydrogen-bond acceptors (Lipinski definition) is 4. The van der Waals surface area contributed by atoms with E-state index in [-0.39, 0.29) is 29.9 Å². The number of nitrogens with one attached hydrogen (secondary N) is 1. The Kier molecular flexibility index (Phi) is 7.40. The van der Waals surface area contributed by atoms with Crippen LogP contribution in [0.1, 0.15) is 61.6 Å². The zero-order valence-corrected chi connectivity index (χ0v) is 21.4. The molecule has 0 saturated heterocycles. The van der Waals surface area contributed by atoms with Crippen LogP contribution in [0.4, 0.5) is 0 Å². The maximum absolute atomic E-state index is 13.6. The Hall–Kier alpha value is -3.86. The molecule has 0 fully saturated rings. The van der Waals surface area contributed by atoms with Crippen molar-refractivity contribution in [2.24, 2.45) is 5.92 Å². The fourth-order valence-electron chi connectivity index (χ4n) is 5.20. The van der Waals surface area contributed by atoms with Gasteiger partial charge in [0, 0.05) is 35.6 Å². The van der Waals surface area contributed by atoms with Crippen molar-refractivity contribution >= 4 is 11.7 Å². The number of amides is 1. The minimum absolute atomic E-state index is 0.0222. The zero-order valence-electron chi connectivity index (χ0n) is 21.4. The number of carbonyl (C=O) groups excluding carboxylic acids is 2. The summed E-state index contributed by atoms with van der Waals surface area (Å²) >= 11 is 0. The first kappa shape index (κ1) is 24.8. The highest BCUT2D eigenvalue weighted by molar-refractivity contribution is 6.02. The third-order valence-corrected chi connectivity index (χ3v) is 7.00. The molecule has 2 aliphatic rings. The zero-order chi connectivity index (χ0) is 25.8. The van der Waals surface area contributed by atoms with Gasteiger partial charge in [-0.2, -0.15) is 0 Å². The summed E-state index contributed by atoms with van der Waals surface area (Å²) in [5.41, 5.74) is 4.51. The molecule has 5 nitrogen and oxygen atoms in total. The monoisotopic (exact) mass is 495 g/mol. The molecule has 0 bridgehead atoms. The van der Waals surface area contributed by atoms with Gasteiger partial charge in [0.2, 0.25) is 5.91 Å². The lowest BCUT2D eigenvalue weighted by Gasteiger charge is -2.35. The lowest BCUT2D eigenvalue weighted by molar-refractivity contribution is -0.122. The van der Waals surface area contributed by atoms with E-state index in [9.17, 15) is 9.59 Å². The molecule has 3 aromatic rings. The number of ether oxygens (including phenoxy) is 2. The van der Waals surface area contributed by atoms with Crippen LogP contribution >= 0.6 is 0 Å². The maximum Gasteiger partial charge on any atom is 0.225 e. The van der Waals surface area contributed by atoms with E-state index in [4.69, 9.17) is 9.47 Å². The van der Waals surface area contributed by atoms with E-state index < -0.39 is 0 Å². The summed E-state index contributed by atoms with van der Waals surface area (Å²) in [5.74, 6) is 1.74. The van der Waals surface area contributed by atoms with Gasteiger partial charge < -0.3 is 14.8 Å². The van der Waals surface area contributed by atoms with Gasteiger partial charge in [0.1, 0.15) is 18.1 Å². The molecule has 1 N–H and O–H groups in total. The second-order valence-electron chi connectivity index (χ2n) is 10.3. The number of para-hydroxylation sites is 1. The standard InChI is InChI=1S/C32H33NO4/c1-21(2)19-36-25-14-12-23(13-15-25)24-16-28-32(29(34)17-24)27(18-31(35)33-28)26-10-6-7-11-30(26)37-20-22-8-4-3-5-9-22/h3-15,21,24,27H,16-20H2,1-2H3,(H,33,35). The Balaban J connectivity index is 1.38. The number of Topliss-reactive ketones (excluding diaryl/α,β-unsaturated/α-hetero) is 1. The van der Waals surface area contributed by atoms with Crippen LogP contribution in [0.3, 0.4) is 0 Å². The summed E-state index contributed by atoms with van der Waals surface area (Å²) in [6.45, 7) is 5.33. The molecule has 2 atom stereocenters. The van der Waals surface area contributed by atoms with E-state index in [1.807, 2.05) is 78.9 Å². The van der Waals surface area contributed by atoms with Gasteiger partial charge in [-0.3, -0.25) is 9.59 Å². The molecule has 2 unspecified atom stereocenters. The minimum atomic E-state index is -0.309. The van der Waals surface area contributed by atoms with Crippen LogP contribution in [0.25, 0.3) is 0 Å². The molecule has 37 heavy (non-hydrogen) atoms. The van der Waals surface area contributed by atoms with Crippen LogP contribution in [-0.2, 0) is 16.2 Å². The van der Waals surface area contributed by atoms with E-state index in [0.717, 1.165) is 33.7 Å². The summed E-state index contributed by atoms with van der Waals surface area (Å²) in [6, 6.07) is 25.7. The quantitative estimate of drug-likeness (QED) is 0.398. The van der Waals surface area contributed by atoms with E-state index >= 15 is 0 Å². The lowest BCUT2D eigenvalue weighted by Crippen LogP contribution is -2.38. The van der Waals surface area contributed by atoms with Crippen molar-refractivity contribution in [3.8, 4) is 11.5 Å². The van der Waals surface area contributed by atoms with Crippen molar-refractivity contribution in [2.75, 3.05) is 6.61 Å². The molecular weight excluding hydrogens is 462 g/mol. The molecule has 1 amide bonds. The van der Waals surface area contributed by atoms with Crippen LogP contribution in [0.15, 0.2) is 90.1 Å². The van der Waals surface area contributed by atoms with Gasteiger partial charge in [-0.1, -0.05) is 74.5 Å². The third-order valence-electron chi connectivity index (χ3n) is 7.00. The molecule has 3 aromatic carbocycles. The van der Waals surface area contributed by atoms with Crippen LogP contribution in [0.2, 0.25) is 0 Å². The van der Waals surface area contributed by atoms with Crippen LogP contribution in [0.5, 0.6) is 11.5 Å². The maximum atomic E-state index is 13.6. The number of carbonyl (C=O) groups is 2. The number of ketones is 1. The summed E-state index contributed by atoms with van der Waals surface area (Å²) in [6.07, 6.45) is 1.29. The second-order valence-corrected chi connectivity index (χ2v) is 10.3. The summed E-state index contributed by atoms with van der Waals surface area (Å²) < 4.78 is 12.0. The van der Waals surface area contributed by atoms with Gasteiger partial charge in [-0.15, -0.1) is 0 Å². The lowest BCUT2D eigenvalue weighted by atomic mass is 9.73. The minimum Gasteiger partial charge on any atom is -0.493 e. The normalized spacial score (nSPS) is 19.4. The topological polar surface area (TPSA) is 64.6 Å². The van der Waals surface area contributed by atoms with E-state index in [2.05, 4.69) is 19.2 Å². The predicted molar refractivity (Wildman–Crippen MR) is 143 cm³/mol. The SMILES string of the molecule is CC(C)COc1ccc(C2CC(=O)C3=C(C2)NC(=O)CC3c2ccccc2OCc2ccccc2)cc1. The van der Waals surface area contributed by atoms with Gasteiger partial charge in [-0.25, -0.2) is 0 Å². The number of benzene rings is 3. The first-order valence-electron chi connectivity index (χ1n) is 13.0. The predicted octanol–water partition coefficient (Wildman–Crippen LogP) is 6.30. The Morgan fingerprint density at radius 3 is 2.32 bits per heavy atom. The molecule has 0 radical (unpaired) electrons. The highest BCUT2D eigenvalue weighted by Crippen LogP contribution is 2.44. The molecule has 0 spiro atoms. The first-order valence-corrected chi connectivity index (χ1v) is 13.0. The fraction of sp³-hybridized carbons (Fsp3) is 0.312. The molecule has 1 heterocycles. The van der Waals surface area contributed by atoms with Crippen molar-refractivity contribution in [1.29, 1.82) is 0 Å². The van der Waals surface area contributed by atoms with Crippen molar-refractivity contribution in [2.45, 2.75) is 51.6 Å². The first-order chi connectivity index (χ1) is 18.0. The molecule has 0 saturated carbocycles. The summed E-state index contributed by atoms with van der Waals surface area (Å²) in [7, 11) is 0. The molecular formula is C32H33NO4. The largest absolute Gasteiger partial charge is 0.493 e. The van der Waals surface area contributed by atoms with Crippen molar-refractivity contribution in [1.82, 2.24) is 5.32 Å². The average Bonchev–Trinajstić information content (AvgIpc) is 2.91. The molecule has 1 aliphatic heterocycles. The van der Waals surface area contributed by atoms with Crippen LogP contribution < -0.4 is 14.8 Å². The van der Waals surface area contributed by atoms with Crippen LogP contribution in [0, 0.1) is 5.92 Å². The van der Waals surface area contributed by atoms with Crippen molar-refractivity contribution in [3.63, 3.8) is 0 Å². The van der Waals surface area contributed by atoms with E-state index in [0.29, 0.717) is 37.7 Å². The van der Waals surface area contributed by atoms with E-state index in [1.165, 1.54) is 0 Å². The van der Waals surface area contributed by atoms with Gasteiger partial charge in [0.05, 0.1) is 6.61 Å². The third kappa shape index (κ3) is 5.77. The molecule has 5 heteroatoms. The Labute approximate surface area is 218 Å².